The number of carbonyl (C=O) groups is 1. The zero-order valence-electron chi connectivity index (χ0n) is 17.0. The number of sulfonamides is 1. The standard InChI is InChI=1S/C21H25FN2O4S3/c22-17-3-1-2-16(14-17)21(5-9-28-10-6-21)15-23-20(25)19-18(4-11-30-19)31(26,27)24-7-12-29-13-8-24/h1-4,11,14H,5-10,12-13,15H2,(H,23,25). The summed E-state index contributed by atoms with van der Waals surface area (Å²) in [5.41, 5.74) is 0.372. The Morgan fingerprint density at radius 1 is 1.19 bits per heavy atom. The van der Waals surface area contributed by atoms with Gasteiger partial charge in [-0.3, -0.25) is 4.79 Å². The lowest BCUT2D eigenvalue weighted by atomic mass is 9.74. The van der Waals surface area contributed by atoms with Crippen LogP contribution >= 0.6 is 23.1 Å². The van der Waals surface area contributed by atoms with Crippen LogP contribution in [0.25, 0.3) is 0 Å². The molecule has 168 valence electrons. The third kappa shape index (κ3) is 4.83. The molecule has 0 bridgehead atoms. The van der Waals surface area contributed by atoms with Crippen LogP contribution in [0.5, 0.6) is 0 Å². The molecule has 2 fully saturated rings. The molecule has 10 heteroatoms. The van der Waals surface area contributed by atoms with Crippen molar-refractivity contribution in [3.63, 3.8) is 0 Å². The molecule has 1 aromatic carbocycles. The number of amides is 1. The molecule has 0 aliphatic carbocycles. The Hall–Kier alpha value is -1.46. The maximum atomic E-state index is 13.9. The van der Waals surface area contributed by atoms with E-state index in [9.17, 15) is 17.6 Å². The van der Waals surface area contributed by atoms with E-state index in [1.54, 1.807) is 23.2 Å². The molecule has 1 amide bonds. The maximum absolute atomic E-state index is 13.9. The number of ether oxygens (including phenoxy) is 1. The second-order valence-electron chi connectivity index (χ2n) is 7.72. The van der Waals surface area contributed by atoms with Crippen LogP contribution in [0.3, 0.4) is 0 Å². The van der Waals surface area contributed by atoms with E-state index in [0.29, 0.717) is 39.1 Å². The van der Waals surface area contributed by atoms with E-state index in [1.165, 1.54) is 22.5 Å². The molecule has 1 N–H and O–H groups in total. The van der Waals surface area contributed by atoms with Crippen molar-refractivity contribution in [3.05, 3.63) is 52.0 Å². The molecule has 0 unspecified atom stereocenters. The first kappa shape index (κ1) is 22.7. The number of hydrogen-bond acceptors (Lipinski definition) is 6. The predicted octanol–water partition coefficient (Wildman–Crippen LogP) is 3.10. The molecular weight excluding hydrogens is 459 g/mol. The average molecular weight is 485 g/mol. The first-order chi connectivity index (χ1) is 14.9. The largest absolute Gasteiger partial charge is 0.381 e. The van der Waals surface area contributed by atoms with Crippen LogP contribution in [0.1, 0.15) is 28.1 Å². The summed E-state index contributed by atoms with van der Waals surface area (Å²) < 4.78 is 47.0. The number of thiophene rings is 1. The summed E-state index contributed by atoms with van der Waals surface area (Å²) >= 11 is 2.85. The van der Waals surface area contributed by atoms with Gasteiger partial charge in [-0.25, -0.2) is 12.8 Å². The summed E-state index contributed by atoms with van der Waals surface area (Å²) in [7, 11) is -3.71. The Balaban J connectivity index is 1.54. The average Bonchev–Trinajstić information content (AvgIpc) is 3.30. The van der Waals surface area contributed by atoms with Crippen molar-refractivity contribution >= 4 is 39.0 Å². The Bertz CT molecular complexity index is 1030. The number of hydrogen-bond donors (Lipinski definition) is 1. The molecule has 2 aliphatic rings. The van der Waals surface area contributed by atoms with Crippen LogP contribution in [-0.2, 0) is 20.2 Å². The minimum absolute atomic E-state index is 0.0636. The van der Waals surface area contributed by atoms with Crippen LogP contribution in [0.2, 0.25) is 0 Å². The van der Waals surface area contributed by atoms with Crippen molar-refractivity contribution in [1.82, 2.24) is 9.62 Å². The highest BCUT2D eigenvalue weighted by Crippen LogP contribution is 2.35. The maximum Gasteiger partial charge on any atom is 0.262 e. The van der Waals surface area contributed by atoms with E-state index in [1.807, 2.05) is 6.07 Å². The van der Waals surface area contributed by atoms with Crippen molar-refractivity contribution in [3.8, 4) is 0 Å². The van der Waals surface area contributed by atoms with Gasteiger partial charge in [0, 0.05) is 49.8 Å². The number of rotatable bonds is 6. The molecule has 0 spiro atoms. The number of halogens is 1. The Labute approximate surface area is 190 Å². The minimum atomic E-state index is -3.71. The fourth-order valence-corrected chi connectivity index (χ4v) is 7.96. The molecule has 4 rings (SSSR count). The molecule has 6 nitrogen and oxygen atoms in total. The predicted molar refractivity (Wildman–Crippen MR) is 121 cm³/mol. The van der Waals surface area contributed by atoms with Gasteiger partial charge in [-0.1, -0.05) is 12.1 Å². The van der Waals surface area contributed by atoms with E-state index in [-0.39, 0.29) is 22.1 Å². The highest BCUT2D eigenvalue weighted by atomic mass is 32.2. The number of nitrogens with zero attached hydrogens (tertiary/aromatic N) is 1. The molecular formula is C21H25FN2O4S3. The summed E-state index contributed by atoms with van der Waals surface area (Å²) in [6.45, 7) is 2.24. The van der Waals surface area contributed by atoms with Crippen molar-refractivity contribution in [2.75, 3.05) is 44.4 Å². The number of benzene rings is 1. The van der Waals surface area contributed by atoms with Crippen molar-refractivity contribution in [2.24, 2.45) is 0 Å². The number of thioether (sulfide) groups is 1. The minimum Gasteiger partial charge on any atom is -0.381 e. The highest BCUT2D eigenvalue weighted by molar-refractivity contribution is 7.99. The number of carbonyl (C=O) groups excluding carboxylic acids is 1. The van der Waals surface area contributed by atoms with E-state index in [0.717, 1.165) is 28.4 Å². The summed E-state index contributed by atoms with van der Waals surface area (Å²) in [5, 5.41) is 4.57. The second-order valence-corrected chi connectivity index (χ2v) is 11.8. The Morgan fingerprint density at radius 2 is 1.94 bits per heavy atom. The number of nitrogens with one attached hydrogen (secondary N) is 1. The molecule has 1 aromatic heterocycles. The van der Waals surface area contributed by atoms with Crippen LogP contribution in [0.15, 0.2) is 40.6 Å². The molecule has 2 aromatic rings. The molecule has 2 aliphatic heterocycles. The van der Waals surface area contributed by atoms with Gasteiger partial charge in [0.2, 0.25) is 10.0 Å². The van der Waals surface area contributed by atoms with Gasteiger partial charge in [0.25, 0.3) is 5.91 Å². The van der Waals surface area contributed by atoms with Gasteiger partial charge in [-0.05, 0) is 42.0 Å². The summed E-state index contributed by atoms with van der Waals surface area (Å²) in [5.74, 6) is 0.773. The fraction of sp³-hybridized carbons (Fsp3) is 0.476. The molecule has 0 radical (unpaired) electrons. The van der Waals surface area contributed by atoms with E-state index in [4.69, 9.17) is 4.74 Å². The molecule has 3 heterocycles. The van der Waals surface area contributed by atoms with Crippen molar-refractivity contribution in [1.29, 1.82) is 0 Å². The summed E-state index contributed by atoms with van der Waals surface area (Å²) in [4.78, 5) is 13.3. The highest BCUT2D eigenvalue weighted by Gasteiger charge is 2.36. The molecule has 2 saturated heterocycles. The Kier molecular flexibility index (Phi) is 7.02. The topological polar surface area (TPSA) is 75.7 Å². The van der Waals surface area contributed by atoms with Crippen LogP contribution in [0.4, 0.5) is 4.39 Å². The van der Waals surface area contributed by atoms with Gasteiger partial charge in [0.15, 0.2) is 0 Å². The third-order valence-corrected chi connectivity index (χ3v) is 9.82. The lowest BCUT2D eigenvalue weighted by Crippen LogP contribution is -2.45. The van der Waals surface area contributed by atoms with Crippen LogP contribution < -0.4 is 5.32 Å². The monoisotopic (exact) mass is 484 g/mol. The van der Waals surface area contributed by atoms with E-state index >= 15 is 0 Å². The summed E-state index contributed by atoms with van der Waals surface area (Å²) in [6.07, 6.45) is 1.30. The quantitative estimate of drug-likeness (QED) is 0.682. The van der Waals surface area contributed by atoms with Gasteiger partial charge < -0.3 is 10.1 Å². The first-order valence-electron chi connectivity index (χ1n) is 10.2. The molecule has 31 heavy (non-hydrogen) atoms. The molecule has 0 saturated carbocycles. The normalized spacial score (nSPS) is 19.8. The van der Waals surface area contributed by atoms with Crippen molar-refractivity contribution < 1.29 is 22.3 Å². The van der Waals surface area contributed by atoms with Gasteiger partial charge >= 0.3 is 0 Å². The molecule has 0 atom stereocenters. The van der Waals surface area contributed by atoms with Crippen LogP contribution in [-0.4, -0.2) is 63.0 Å². The smallest absolute Gasteiger partial charge is 0.262 e. The zero-order valence-corrected chi connectivity index (χ0v) is 19.5. The second kappa shape index (κ2) is 9.58. The van der Waals surface area contributed by atoms with Crippen molar-refractivity contribution in [2.45, 2.75) is 23.2 Å². The first-order valence-corrected chi connectivity index (χ1v) is 13.7. The lowest BCUT2D eigenvalue weighted by molar-refractivity contribution is 0.0486. The van der Waals surface area contributed by atoms with Gasteiger partial charge in [-0.2, -0.15) is 16.1 Å². The van der Waals surface area contributed by atoms with Crippen LogP contribution in [0, 0.1) is 5.82 Å². The Morgan fingerprint density at radius 3 is 2.65 bits per heavy atom. The third-order valence-electron chi connectivity index (χ3n) is 5.90. The summed E-state index contributed by atoms with van der Waals surface area (Å²) in [6, 6.07) is 7.96. The van der Waals surface area contributed by atoms with E-state index in [2.05, 4.69) is 5.32 Å². The lowest BCUT2D eigenvalue weighted by Gasteiger charge is -2.38. The fourth-order valence-electron chi connectivity index (χ4n) is 4.07. The SMILES string of the molecule is O=C(NCC1(c2cccc(F)c2)CCOCC1)c1sccc1S(=O)(=O)N1CCSCC1. The van der Waals surface area contributed by atoms with E-state index < -0.39 is 21.3 Å². The van der Waals surface area contributed by atoms with Gasteiger partial charge in [-0.15, -0.1) is 11.3 Å². The van der Waals surface area contributed by atoms with Gasteiger partial charge in [0.1, 0.15) is 15.6 Å². The zero-order chi connectivity index (χ0) is 21.9. The van der Waals surface area contributed by atoms with Gasteiger partial charge in [0.05, 0.1) is 0 Å².